The highest BCUT2D eigenvalue weighted by Gasteiger charge is 2.41. The zero-order valence-corrected chi connectivity index (χ0v) is 24.3. The van der Waals surface area contributed by atoms with Gasteiger partial charge in [0.1, 0.15) is 0 Å². The molecule has 1 aliphatic carbocycles. The van der Waals surface area contributed by atoms with Crippen molar-refractivity contribution in [3.8, 4) is 0 Å². The van der Waals surface area contributed by atoms with Gasteiger partial charge in [-0.1, -0.05) is 17.8 Å². The summed E-state index contributed by atoms with van der Waals surface area (Å²) in [6.07, 6.45) is -8.02. The van der Waals surface area contributed by atoms with E-state index in [9.17, 15) is 35.9 Å². The van der Waals surface area contributed by atoms with Crippen LogP contribution >= 0.6 is 11.8 Å². The summed E-state index contributed by atoms with van der Waals surface area (Å²) in [5.41, 5.74) is -0.104. The van der Waals surface area contributed by atoms with Gasteiger partial charge in [0.25, 0.3) is 0 Å². The molecule has 3 amide bonds. The Morgan fingerprint density at radius 3 is 2.28 bits per heavy atom. The Bertz CT molecular complexity index is 1410. The van der Waals surface area contributed by atoms with Crippen LogP contribution in [0.1, 0.15) is 66.1 Å². The first-order chi connectivity index (χ1) is 20.3. The molecule has 1 N–H and O–H groups in total. The van der Waals surface area contributed by atoms with Crippen LogP contribution in [0.5, 0.6) is 0 Å². The molecule has 2 unspecified atom stereocenters. The Morgan fingerprint density at radius 1 is 1.05 bits per heavy atom. The van der Waals surface area contributed by atoms with Gasteiger partial charge in [-0.3, -0.25) is 15.2 Å². The minimum absolute atomic E-state index is 0.0658. The van der Waals surface area contributed by atoms with Crippen molar-refractivity contribution in [2.24, 2.45) is 4.99 Å². The molecule has 2 aromatic carbocycles. The number of hydrogen-bond donors (Lipinski definition) is 1. The zero-order chi connectivity index (χ0) is 31.1. The molecule has 0 saturated carbocycles. The fraction of sp³-hybridized carbons (Fsp3) is 0.483. The average molecular weight is 629 g/mol. The summed E-state index contributed by atoms with van der Waals surface area (Å²) in [5, 5.41) is 3.01. The van der Waals surface area contributed by atoms with Gasteiger partial charge in [0, 0.05) is 18.3 Å². The number of amides is 3. The number of aliphatic imine (C=N–C) groups is 1. The van der Waals surface area contributed by atoms with Crippen molar-refractivity contribution >= 4 is 34.7 Å². The van der Waals surface area contributed by atoms with E-state index in [4.69, 9.17) is 4.74 Å². The van der Waals surface area contributed by atoms with Crippen LogP contribution in [0.4, 0.5) is 41.6 Å². The first-order valence-electron chi connectivity index (χ1n) is 13.9. The third-order valence-electron chi connectivity index (χ3n) is 7.77. The number of carbonyl (C=O) groups is 2. The third kappa shape index (κ3) is 6.58. The lowest BCUT2D eigenvalue weighted by Gasteiger charge is -2.43. The highest BCUT2D eigenvalue weighted by atomic mass is 32.2. The molecule has 0 spiro atoms. The normalized spacial score (nSPS) is 19.9. The van der Waals surface area contributed by atoms with Gasteiger partial charge in [-0.05, 0) is 86.1 Å². The Balaban J connectivity index is 1.62. The van der Waals surface area contributed by atoms with Crippen LogP contribution in [-0.4, -0.2) is 47.1 Å². The van der Waals surface area contributed by atoms with Gasteiger partial charge in [0.2, 0.25) is 0 Å². The van der Waals surface area contributed by atoms with E-state index in [-0.39, 0.29) is 24.7 Å². The number of nitrogens with one attached hydrogen (secondary N) is 1. The Morgan fingerprint density at radius 2 is 1.70 bits per heavy atom. The van der Waals surface area contributed by atoms with Gasteiger partial charge in [-0.15, -0.1) is 0 Å². The Labute approximate surface area is 248 Å². The molecule has 2 heterocycles. The first-order valence-corrected chi connectivity index (χ1v) is 14.9. The number of carbonyl (C=O) groups excluding carboxylic acids is 2. The van der Waals surface area contributed by atoms with Crippen molar-refractivity contribution in [3.63, 3.8) is 0 Å². The van der Waals surface area contributed by atoms with Gasteiger partial charge in [-0.2, -0.15) is 26.3 Å². The highest BCUT2D eigenvalue weighted by Crippen LogP contribution is 2.45. The Kier molecular flexibility index (Phi) is 8.61. The van der Waals surface area contributed by atoms with E-state index in [1.807, 2.05) is 12.1 Å². The number of alkyl halides is 6. The summed E-state index contributed by atoms with van der Waals surface area (Å²) in [6.45, 7) is 3.49. The quantitative estimate of drug-likeness (QED) is 0.360. The second kappa shape index (κ2) is 11.9. The number of hydrogen-bond acceptors (Lipinski definition) is 5. The van der Waals surface area contributed by atoms with Crippen LogP contribution in [0.2, 0.25) is 0 Å². The van der Waals surface area contributed by atoms with E-state index < -0.39 is 54.2 Å². The summed E-state index contributed by atoms with van der Waals surface area (Å²) in [4.78, 5) is 33.8. The fourth-order valence-electron chi connectivity index (χ4n) is 5.87. The number of rotatable bonds is 4. The highest BCUT2D eigenvalue weighted by molar-refractivity contribution is 8.14. The summed E-state index contributed by atoms with van der Waals surface area (Å²) >= 11 is 1.29. The molecule has 0 saturated heterocycles. The number of halogens is 6. The SMILES string of the molecule is CCOC(=O)N1c2cc3c(cc2C(N(Cc2cc(C(F)(F)F)cc(C(F)(F)F)c2)C(=O)NC2=NCCS2)CC1C)CCC3. The number of thioether (sulfide) groups is 1. The fourth-order valence-corrected chi connectivity index (χ4v) is 6.59. The van der Waals surface area contributed by atoms with Gasteiger partial charge >= 0.3 is 24.5 Å². The number of aryl methyl sites for hydroxylation is 2. The van der Waals surface area contributed by atoms with Crippen LogP contribution in [0.25, 0.3) is 0 Å². The van der Waals surface area contributed by atoms with Crippen LogP contribution < -0.4 is 10.2 Å². The standard InChI is InChI=1S/C29H30F6N4O3S/c1-3-42-27(41)39-16(2)9-23(22-12-18-5-4-6-19(18)13-24(22)39)38(26(40)37-25-36-7-8-43-25)15-17-10-20(28(30,31)32)14-21(11-17)29(33,34)35/h10-14,16,23H,3-9,15H2,1-2H3,(H,36,37,40). The molecule has 5 rings (SSSR count). The molecule has 0 fully saturated rings. The predicted molar refractivity (Wildman–Crippen MR) is 150 cm³/mol. The van der Waals surface area contributed by atoms with Crippen molar-refractivity contribution in [2.45, 2.75) is 70.5 Å². The maximum atomic E-state index is 13.8. The lowest BCUT2D eigenvalue weighted by Crippen LogP contribution is -2.50. The molecule has 3 aliphatic rings. The third-order valence-corrected chi connectivity index (χ3v) is 8.66. The number of urea groups is 1. The van der Waals surface area contributed by atoms with Gasteiger partial charge in [0.05, 0.1) is 36.0 Å². The minimum Gasteiger partial charge on any atom is -0.449 e. The molecule has 2 aromatic rings. The molecule has 0 aromatic heterocycles. The minimum atomic E-state index is -5.04. The van der Waals surface area contributed by atoms with Crippen molar-refractivity contribution in [1.29, 1.82) is 0 Å². The second-order valence-corrected chi connectivity index (χ2v) is 11.8. The molecular weight excluding hydrogens is 598 g/mol. The Hall–Kier alpha value is -3.42. The molecule has 0 radical (unpaired) electrons. The van der Waals surface area contributed by atoms with Crippen molar-refractivity contribution < 1.29 is 40.7 Å². The van der Waals surface area contributed by atoms with E-state index in [1.54, 1.807) is 13.8 Å². The molecule has 14 heteroatoms. The number of anilines is 1. The zero-order valence-electron chi connectivity index (χ0n) is 23.4. The van der Waals surface area contributed by atoms with Gasteiger partial charge in [-0.25, -0.2) is 9.59 Å². The molecule has 0 bridgehead atoms. The van der Waals surface area contributed by atoms with Crippen molar-refractivity contribution in [3.05, 3.63) is 63.7 Å². The second-order valence-electron chi connectivity index (χ2n) is 10.7. The molecule has 232 valence electrons. The maximum absolute atomic E-state index is 13.8. The van der Waals surface area contributed by atoms with Crippen molar-refractivity contribution in [1.82, 2.24) is 10.2 Å². The number of ether oxygens (including phenoxy) is 1. The van der Waals surface area contributed by atoms with E-state index >= 15 is 0 Å². The summed E-state index contributed by atoms with van der Waals surface area (Å²) in [5.74, 6) is 0.627. The summed E-state index contributed by atoms with van der Waals surface area (Å²) in [6, 6.07) is 3.13. The van der Waals surface area contributed by atoms with E-state index in [1.165, 1.54) is 21.6 Å². The van der Waals surface area contributed by atoms with Crippen LogP contribution in [0.3, 0.4) is 0 Å². The molecule has 2 atom stereocenters. The monoisotopic (exact) mass is 628 g/mol. The predicted octanol–water partition coefficient (Wildman–Crippen LogP) is 7.32. The maximum Gasteiger partial charge on any atom is 0.416 e. The number of amidine groups is 1. The summed E-state index contributed by atoms with van der Waals surface area (Å²) < 4.78 is 87.4. The van der Waals surface area contributed by atoms with E-state index in [0.29, 0.717) is 40.8 Å². The lowest BCUT2D eigenvalue weighted by molar-refractivity contribution is -0.143. The topological polar surface area (TPSA) is 74.2 Å². The number of fused-ring (bicyclic) bond motifs is 2. The molecule has 2 aliphatic heterocycles. The molecule has 7 nitrogen and oxygen atoms in total. The van der Waals surface area contributed by atoms with Crippen LogP contribution in [0, 0.1) is 0 Å². The molecule has 43 heavy (non-hydrogen) atoms. The largest absolute Gasteiger partial charge is 0.449 e. The van der Waals surface area contributed by atoms with E-state index in [2.05, 4.69) is 10.3 Å². The smallest absolute Gasteiger partial charge is 0.416 e. The molecular formula is C29H30F6N4O3S. The van der Waals surface area contributed by atoms with Gasteiger partial charge < -0.3 is 9.64 Å². The first kappa shape index (κ1) is 31.0. The number of benzene rings is 2. The van der Waals surface area contributed by atoms with Crippen LogP contribution in [0.15, 0.2) is 35.3 Å². The number of nitrogens with zero attached hydrogens (tertiary/aromatic N) is 3. The van der Waals surface area contributed by atoms with Gasteiger partial charge in [0.15, 0.2) is 5.17 Å². The average Bonchev–Trinajstić information content (AvgIpc) is 3.61. The summed E-state index contributed by atoms with van der Waals surface area (Å²) in [7, 11) is 0. The lowest BCUT2D eigenvalue weighted by atomic mass is 9.88. The van der Waals surface area contributed by atoms with Crippen LogP contribution in [-0.2, 0) is 36.5 Å². The van der Waals surface area contributed by atoms with Crippen molar-refractivity contribution in [2.75, 3.05) is 23.8 Å². The van der Waals surface area contributed by atoms with E-state index in [0.717, 1.165) is 30.4 Å².